The molecule has 1 heterocycles. The summed E-state index contributed by atoms with van der Waals surface area (Å²) in [6.45, 7) is 1.96. The summed E-state index contributed by atoms with van der Waals surface area (Å²) >= 11 is 0. The van der Waals surface area contributed by atoms with Crippen molar-refractivity contribution in [1.29, 1.82) is 0 Å². The molecule has 44 heavy (non-hydrogen) atoms. The van der Waals surface area contributed by atoms with Crippen molar-refractivity contribution >= 4 is 21.8 Å². The molecule has 10 heteroatoms. The summed E-state index contributed by atoms with van der Waals surface area (Å²) in [4.78, 5) is 28.6. The molecule has 1 unspecified atom stereocenters. The molecule has 0 aromatic heterocycles. The maximum absolute atomic E-state index is 13.6. The van der Waals surface area contributed by atoms with Crippen molar-refractivity contribution in [3.8, 4) is 16.9 Å². The van der Waals surface area contributed by atoms with E-state index in [0.717, 1.165) is 42.7 Å². The highest BCUT2D eigenvalue weighted by Gasteiger charge is 2.37. The molecule has 3 atom stereocenters. The molecule has 2 fully saturated rings. The van der Waals surface area contributed by atoms with Crippen molar-refractivity contribution in [3.63, 3.8) is 0 Å². The molecule has 5 rings (SSSR count). The summed E-state index contributed by atoms with van der Waals surface area (Å²) in [5.74, 6) is 0.906. The molecule has 3 aromatic carbocycles. The summed E-state index contributed by atoms with van der Waals surface area (Å²) in [6.07, 6.45) is 4.43. The Kier molecular flexibility index (Phi) is 10.3. The van der Waals surface area contributed by atoms with E-state index < -0.39 is 16.1 Å². The number of benzene rings is 3. The van der Waals surface area contributed by atoms with Crippen LogP contribution >= 0.6 is 0 Å². The van der Waals surface area contributed by atoms with Gasteiger partial charge in [-0.3, -0.25) is 9.59 Å². The van der Waals surface area contributed by atoms with Crippen LogP contribution in [0, 0.1) is 0 Å². The van der Waals surface area contributed by atoms with Crippen LogP contribution in [0.1, 0.15) is 47.5 Å². The van der Waals surface area contributed by atoms with Gasteiger partial charge in [-0.05, 0) is 73.2 Å². The van der Waals surface area contributed by atoms with E-state index in [1.54, 1.807) is 24.1 Å². The summed E-state index contributed by atoms with van der Waals surface area (Å²) in [6, 6.07) is 25.3. The molecular formula is C34H42N4O5S. The molecular weight excluding hydrogens is 576 g/mol. The number of rotatable bonds is 13. The number of hydrogen-bond donors (Lipinski definition) is 2. The maximum Gasteiger partial charge on any atom is 0.251 e. The van der Waals surface area contributed by atoms with Gasteiger partial charge in [0.1, 0.15) is 11.8 Å². The molecule has 0 bridgehead atoms. The zero-order valence-electron chi connectivity index (χ0n) is 25.4. The number of hydrogen-bond acceptors (Lipinski definition) is 6. The molecule has 2 aliphatic rings. The van der Waals surface area contributed by atoms with Crippen LogP contribution in [0.15, 0.2) is 78.9 Å². The van der Waals surface area contributed by atoms with Crippen molar-refractivity contribution in [1.82, 2.24) is 19.8 Å². The molecule has 1 saturated carbocycles. The van der Waals surface area contributed by atoms with Gasteiger partial charge in [-0.15, -0.1) is 0 Å². The number of piperazine rings is 1. The van der Waals surface area contributed by atoms with Gasteiger partial charge in [0.25, 0.3) is 5.91 Å². The molecule has 3 aromatic rings. The van der Waals surface area contributed by atoms with Gasteiger partial charge >= 0.3 is 0 Å². The van der Waals surface area contributed by atoms with Crippen LogP contribution < -0.4 is 15.4 Å². The molecule has 1 saturated heterocycles. The number of amides is 2. The smallest absolute Gasteiger partial charge is 0.251 e. The minimum atomic E-state index is -3.31. The average molecular weight is 619 g/mol. The lowest BCUT2D eigenvalue weighted by molar-refractivity contribution is -0.134. The van der Waals surface area contributed by atoms with Gasteiger partial charge < -0.3 is 20.3 Å². The van der Waals surface area contributed by atoms with Gasteiger partial charge in [0.2, 0.25) is 15.9 Å². The zero-order valence-corrected chi connectivity index (χ0v) is 26.3. The third kappa shape index (κ3) is 8.25. The minimum Gasteiger partial charge on any atom is -0.497 e. The van der Waals surface area contributed by atoms with Crippen LogP contribution in [0.25, 0.3) is 11.1 Å². The van der Waals surface area contributed by atoms with Crippen LogP contribution in [0.4, 0.5) is 0 Å². The topological polar surface area (TPSA) is 108 Å². The van der Waals surface area contributed by atoms with Crippen LogP contribution in [-0.2, 0) is 14.8 Å². The molecule has 1 aliphatic heterocycles. The average Bonchev–Trinajstić information content (AvgIpc) is 3.83. The molecule has 1 aliphatic carbocycles. The highest BCUT2D eigenvalue weighted by atomic mass is 32.2. The lowest BCUT2D eigenvalue weighted by atomic mass is 10.0. The van der Waals surface area contributed by atoms with Crippen molar-refractivity contribution in [3.05, 3.63) is 90.0 Å². The van der Waals surface area contributed by atoms with Crippen LogP contribution in [-0.4, -0.2) is 87.6 Å². The first-order valence-electron chi connectivity index (χ1n) is 15.3. The van der Waals surface area contributed by atoms with E-state index in [1.165, 1.54) is 16.1 Å². The van der Waals surface area contributed by atoms with E-state index in [9.17, 15) is 18.0 Å². The van der Waals surface area contributed by atoms with Crippen molar-refractivity contribution in [2.75, 3.05) is 46.1 Å². The summed E-state index contributed by atoms with van der Waals surface area (Å²) in [5, 5.41) is 6.62. The van der Waals surface area contributed by atoms with Crippen molar-refractivity contribution in [2.24, 2.45) is 0 Å². The molecule has 0 radical (unpaired) electrons. The fourth-order valence-corrected chi connectivity index (χ4v) is 6.63. The number of sulfonamides is 1. The minimum absolute atomic E-state index is 0.165. The Hall–Kier alpha value is -3.73. The predicted octanol–water partition coefficient (Wildman–Crippen LogP) is 3.88. The van der Waals surface area contributed by atoms with Gasteiger partial charge in [-0.1, -0.05) is 54.6 Å². The number of nitrogens with zero attached hydrogens (tertiary/aromatic N) is 2. The van der Waals surface area contributed by atoms with E-state index in [2.05, 4.69) is 22.8 Å². The molecule has 2 N–H and O–H groups in total. The van der Waals surface area contributed by atoms with E-state index in [0.29, 0.717) is 37.0 Å². The number of unbranched alkanes of at least 4 members (excludes halogenated alkanes) is 1. The Morgan fingerprint density at radius 1 is 0.886 bits per heavy atom. The van der Waals surface area contributed by atoms with Crippen LogP contribution in [0.2, 0.25) is 0 Å². The SMILES string of the molecule is COc1ccc([C@@H]2CC2NCCCC[C@H](NC(=O)c2ccc(-c3ccccc3)cc2)C(=O)N2CCN(S(C)(=O)=O)CC2)cc1. The van der Waals surface area contributed by atoms with Crippen molar-refractivity contribution < 1.29 is 22.7 Å². The van der Waals surface area contributed by atoms with E-state index in [1.807, 2.05) is 54.6 Å². The Balaban J connectivity index is 1.15. The Bertz CT molecular complexity index is 1510. The Morgan fingerprint density at radius 3 is 2.18 bits per heavy atom. The standard InChI is InChI=1S/C34H42N4O5S/c1-43-29-17-15-27(16-18-29)30-24-32(30)35-19-7-6-10-31(34(40)37-20-22-38(23-21-37)44(2,41)42)36-33(39)28-13-11-26(12-14-28)25-8-4-3-5-9-25/h3-5,8-9,11-18,30-32,35H,6-7,10,19-24H2,1-2H3,(H,36,39)/t30-,31-,32?/m0/s1. The zero-order chi connectivity index (χ0) is 31.1. The molecule has 0 spiro atoms. The highest BCUT2D eigenvalue weighted by Crippen LogP contribution is 2.41. The Labute approximate surface area is 260 Å². The number of carbonyl (C=O) groups is 2. The fraction of sp³-hybridized carbons (Fsp3) is 0.412. The lowest BCUT2D eigenvalue weighted by Crippen LogP contribution is -2.55. The van der Waals surface area contributed by atoms with E-state index in [-0.39, 0.29) is 24.9 Å². The van der Waals surface area contributed by atoms with Gasteiger partial charge in [0, 0.05) is 43.7 Å². The summed E-state index contributed by atoms with van der Waals surface area (Å²) < 4.78 is 30.5. The largest absolute Gasteiger partial charge is 0.497 e. The van der Waals surface area contributed by atoms with Gasteiger partial charge in [0.05, 0.1) is 13.4 Å². The third-order valence-corrected chi connectivity index (χ3v) is 9.84. The van der Waals surface area contributed by atoms with Gasteiger partial charge in [-0.2, -0.15) is 4.31 Å². The second-order valence-electron chi connectivity index (χ2n) is 11.6. The van der Waals surface area contributed by atoms with Gasteiger partial charge in [-0.25, -0.2) is 8.42 Å². The van der Waals surface area contributed by atoms with Gasteiger partial charge in [0.15, 0.2) is 0 Å². The Morgan fingerprint density at radius 2 is 1.55 bits per heavy atom. The molecule has 2 amide bonds. The summed E-state index contributed by atoms with van der Waals surface area (Å²) in [5.41, 5.74) is 3.88. The first kappa shape index (κ1) is 31.7. The molecule has 9 nitrogen and oxygen atoms in total. The summed E-state index contributed by atoms with van der Waals surface area (Å²) in [7, 11) is -1.64. The van der Waals surface area contributed by atoms with Crippen LogP contribution in [0.3, 0.4) is 0 Å². The second kappa shape index (κ2) is 14.4. The van der Waals surface area contributed by atoms with E-state index >= 15 is 0 Å². The monoisotopic (exact) mass is 618 g/mol. The van der Waals surface area contributed by atoms with E-state index in [4.69, 9.17) is 4.74 Å². The third-order valence-electron chi connectivity index (χ3n) is 8.54. The highest BCUT2D eigenvalue weighted by molar-refractivity contribution is 7.88. The molecule has 234 valence electrons. The number of ether oxygens (including phenoxy) is 1. The van der Waals surface area contributed by atoms with Crippen molar-refractivity contribution in [2.45, 2.75) is 43.7 Å². The predicted molar refractivity (Wildman–Crippen MR) is 172 cm³/mol. The fourth-order valence-electron chi connectivity index (χ4n) is 5.81. The second-order valence-corrected chi connectivity index (χ2v) is 13.6. The number of carbonyl (C=O) groups excluding carboxylic acids is 2. The lowest BCUT2D eigenvalue weighted by Gasteiger charge is -2.35. The first-order valence-corrected chi connectivity index (χ1v) is 17.2. The number of methoxy groups -OCH3 is 1. The quantitative estimate of drug-likeness (QED) is 0.282. The first-order chi connectivity index (χ1) is 21.2. The normalized spacial score (nSPS) is 19.3. The van der Waals surface area contributed by atoms with Crippen LogP contribution in [0.5, 0.6) is 5.75 Å². The maximum atomic E-state index is 13.6. The number of nitrogens with one attached hydrogen (secondary N) is 2.